The minimum atomic E-state index is -1.04. The van der Waals surface area contributed by atoms with Crippen LogP contribution in [0.25, 0.3) is 0 Å². The van der Waals surface area contributed by atoms with E-state index in [0.717, 1.165) is 4.90 Å². The van der Waals surface area contributed by atoms with E-state index in [1.165, 1.54) is 23.8 Å². The maximum atomic E-state index is 12.6. The number of methoxy groups -OCH3 is 1. The third-order valence-corrected chi connectivity index (χ3v) is 5.41. The molecular weight excluding hydrogens is 328 g/mol. The highest BCUT2D eigenvalue weighted by Crippen LogP contribution is 2.56. The maximum Gasteiger partial charge on any atom is 0.325 e. The number of ether oxygens (including phenoxy) is 1. The molecule has 2 aliphatic rings. The molecule has 1 aromatic carbocycles. The zero-order valence-electron chi connectivity index (χ0n) is 11.7. The molecule has 1 N–H and O–H groups in total. The molecule has 2 aliphatic heterocycles. The first-order valence-electron chi connectivity index (χ1n) is 6.65. The van der Waals surface area contributed by atoms with Gasteiger partial charge in [-0.25, -0.2) is 0 Å². The van der Waals surface area contributed by atoms with Gasteiger partial charge in [0.2, 0.25) is 5.91 Å². The van der Waals surface area contributed by atoms with Crippen molar-refractivity contribution < 1.29 is 19.1 Å². The zero-order chi connectivity index (χ0) is 15.9. The lowest BCUT2D eigenvalue weighted by Gasteiger charge is -2.29. The van der Waals surface area contributed by atoms with Gasteiger partial charge in [-0.05, 0) is 24.6 Å². The first-order valence-corrected chi connectivity index (χ1v) is 7.84. The molecule has 116 valence electrons. The van der Waals surface area contributed by atoms with E-state index in [1.54, 1.807) is 18.2 Å². The van der Waals surface area contributed by atoms with Crippen molar-refractivity contribution in [2.75, 3.05) is 18.6 Å². The van der Waals surface area contributed by atoms with E-state index in [0.29, 0.717) is 17.1 Å². The number of halogens is 1. The number of benzene rings is 1. The van der Waals surface area contributed by atoms with Crippen LogP contribution in [-0.4, -0.2) is 36.3 Å². The third kappa shape index (κ3) is 2.24. The summed E-state index contributed by atoms with van der Waals surface area (Å²) in [6.07, 6.45) is 0.667. The van der Waals surface area contributed by atoms with Gasteiger partial charge in [0.05, 0.1) is 12.8 Å². The van der Waals surface area contributed by atoms with Gasteiger partial charge in [-0.1, -0.05) is 23.4 Å². The number of fused-ring (bicyclic) bond motifs is 3. The van der Waals surface area contributed by atoms with Crippen LogP contribution in [0.1, 0.15) is 12.8 Å². The average molecular weight is 341 g/mol. The fraction of sp³-hybridized carbons (Fsp3) is 0.357. The third-order valence-electron chi connectivity index (χ3n) is 3.70. The second-order valence-corrected chi connectivity index (χ2v) is 6.74. The van der Waals surface area contributed by atoms with Crippen LogP contribution in [0.15, 0.2) is 23.1 Å². The summed E-state index contributed by atoms with van der Waals surface area (Å²) in [5.74, 6) is -1.04. The summed E-state index contributed by atoms with van der Waals surface area (Å²) in [5.41, 5.74) is 0.646. The minimum Gasteiger partial charge on any atom is -0.468 e. The highest BCUT2D eigenvalue weighted by atomic mass is 35.5. The van der Waals surface area contributed by atoms with Crippen molar-refractivity contribution >= 4 is 46.8 Å². The quantitative estimate of drug-likeness (QED) is 0.845. The molecule has 0 spiro atoms. The molecule has 8 heteroatoms. The van der Waals surface area contributed by atoms with Crippen LogP contribution in [0.2, 0.25) is 5.02 Å². The van der Waals surface area contributed by atoms with Crippen molar-refractivity contribution in [2.45, 2.75) is 22.6 Å². The summed E-state index contributed by atoms with van der Waals surface area (Å²) in [6.45, 7) is -0.225. The Morgan fingerprint density at radius 2 is 2.27 bits per heavy atom. The van der Waals surface area contributed by atoms with Gasteiger partial charge in [-0.2, -0.15) is 0 Å². The summed E-state index contributed by atoms with van der Waals surface area (Å²) in [6, 6.07) is 5.20. The van der Waals surface area contributed by atoms with Crippen LogP contribution < -0.4 is 10.2 Å². The normalized spacial score (nSPS) is 22.3. The molecule has 1 saturated heterocycles. The van der Waals surface area contributed by atoms with Crippen LogP contribution in [-0.2, 0) is 19.1 Å². The van der Waals surface area contributed by atoms with Crippen LogP contribution in [0.4, 0.5) is 5.69 Å². The molecule has 0 radical (unpaired) electrons. The fourth-order valence-electron chi connectivity index (χ4n) is 2.68. The van der Waals surface area contributed by atoms with Crippen molar-refractivity contribution in [3.05, 3.63) is 23.2 Å². The Bertz CT molecular complexity index is 681. The second kappa shape index (κ2) is 5.48. The lowest BCUT2D eigenvalue weighted by molar-refractivity contribution is -0.141. The van der Waals surface area contributed by atoms with Gasteiger partial charge >= 0.3 is 5.97 Å². The highest BCUT2D eigenvalue weighted by Gasteiger charge is 2.57. The SMILES string of the molecule is COC(=O)CNC(=O)[C@@]12CCC(=O)N1c1cc(Cl)ccc1S2. The smallest absolute Gasteiger partial charge is 0.325 e. The van der Waals surface area contributed by atoms with E-state index in [2.05, 4.69) is 10.1 Å². The zero-order valence-corrected chi connectivity index (χ0v) is 13.3. The minimum absolute atomic E-state index is 0.123. The molecule has 0 bridgehead atoms. The lowest BCUT2D eigenvalue weighted by Crippen LogP contribution is -2.53. The number of anilines is 1. The maximum absolute atomic E-state index is 12.6. The van der Waals surface area contributed by atoms with Crippen LogP contribution >= 0.6 is 23.4 Å². The molecule has 1 fully saturated rings. The van der Waals surface area contributed by atoms with Crippen molar-refractivity contribution in [1.29, 1.82) is 0 Å². The second-order valence-electron chi connectivity index (χ2n) is 4.99. The summed E-state index contributed by atoms with van der Waals surface area (Å²) >= 11 is 7.32. The Morgan fingerprint density at radius 1 is 1.50 bits per heavy atom. The Balaban J connectivity index is 1.91. The number of esters is 1. The van der Waals surface area contributed by atoms with Crippen LogP contribution in [0, 0.1) is 0 Å². The van der Waals surface area contributed by atoms with Crippen LogP contribution in [0.3, 0.4) is 0 Å². The van der Waals surface area contributed by atoms with Gasteiger partial charge in [0, 0.05) is 16.3 Å². The predicted octanol–water partition coefficient (Wildman–Crippen LogP) is 1.56. The average Bonchev–Trinajstić information content (AvgIpc) is 3.00. The molecule has 2 amide bonds. The standard InChI is InChI=1S/C14H13ClN2O4S/c1-21-12(19)7-16-13(20)14-5-4-11(18)17(14)9-6-8(15)2-3-10(9)22-14/h2-3,6H,4-5,7H2,1H3,(H,16,20)/t14-/m0/s1. The molecule has 0 unspecified atom stereocenters. The molecule has 1 aromatic rings. The Morgan fingerprint density at radius 3 is 3.00 bits per heavy atom. The monoisotopic (exact) mass is 340 g/mol. The molecule has 0 saturated carbocycles. The van der Waals surface area contributed by atoms with Gasteiger partial charge in [-0.15, -0.1) is 0 Å². The van der Waals surface area contributed by atoms with Crippen molar-refractivity contribution in [2.24, 2.45) is 0 Å². The number of thioether (sulfide) groups is 1. The number of hydrogen-bond acceptors (Lipinski definition) is 5. The molecule has 6 nitrogen and oxygen atoms in total. The number of amides is 2. The molecule has 1 atom stereocenters. The molecular formula is C14H13ClN2O4S. The van der Waals surface area contributed by atoms with E-state index in [9.17, 15) is 14.4 Å². The van der Waals surface area contributed by atoms with Gasteiger partial charge in [0.25, 0.3) is 5.91 Å². The van der Waals surface area contributed by atoms with E-state index < -0.39 is 10.8 Å². The molecule has 2 heterocycles. The van der Waals surface area contributed by atoms with E-state index in [4.69, 9.17) is 11.6 Å². The fourth-order valence-corrected chi connectivity index (χ4v) is 4.27. The van der Waals surface area contributed by atoms with Gasteiger partial charge in [0.1, 0.15) is 6.54 Å². The predicted molar refractivity (Wildman–Crippen MR) is 81.8 cm³/mol. The van der Waals surface area contributed by atoms with Gasteiger partial charge < -0.3 is 10.1 Å². The number of carbonyl (C=O) groups excluding carboxylic acids is 3. The summed E-state index contributed by atoms with van der Waals surface area (Å²) < 4.78 is 4.51. The first-order chi connectivity index (χ1) is 10.5. The Kier molecular flexibility index (Phi) is 3.78. The van der Waals surface area contributed by atoms with Crippen molar-refractivity contribution in [3.8, 4) is 0 Å². The van der Waals surface area contributed by atoms with Crippen molar-refractivity contribution in [3.63, 3.8) is 0 Å². The van der Waals surface area contributed by atoms with E-state index in [1.807, 2.05) is 0 Å². The summed E-state index contributed by atoms with van der Waals surface area (Å²) in [5, 5.41) is 3.05. The lowest BCUT2D eigenvalue weighted by atomic mass is 10.2. The first kappa shape index (κ1) is 15.2. The molecule has 0 aliphatic carbocycles. The molecule has 0 aromatic heterocycles. The van der Waals surface area contributed by atoms with Gasteiger partial charge in [0.15, 0.2) is 4.87 Å². The molecule has 22 heavy (non-hydrogen) atoms. The van der Waals surface area contributed by atoms with E-state index >= 15 is 0 Å². The number of nitrogens with zero attached hydrogens (tertiary/aromatic N) is 1. The number of carbonyl (C=O) groups is 3. The molecule has 3 rings (SSSR count). The Labute approximate surface area is 136 Å². The summed E-state index contributed by atoms with van der Waals surface area (Å²) in [7, 11) is 1.25. The number of rotatable bonds is 3. The highest BCUT2D eigenvalue weighted by molar-refractivity contribution is 8.02. The summed E-state index contributed by atoms with van der Waals surface area (Å²) in [4.78, 5) is 37.3. The number of nitrogens with one attached hydrogen (secondary N) is 1. The Hall–Kier alpha value is -1.73. The topological polar surface area (TPSA) is 75.7 Å². The van der Waals surface area contributed by atoms with E-state index in [-0.39, 0.29) is 24.8 Å². The number of hydrogen-bond donors (Lipinski definition) is 1. The van der Waals surface area contributed by atoms with Crippen LogP contribution in [0.5, 0.6) is 0 Å². The largest absolute Gasteiger partial charge is 0.468 e. The van der Waals surface area contributed by atoms with Gasteiger partial charge in [-0.3, -0.25) is 19.3 Å². The van der Waals surface area contributed by atoms with Crippen molar-refractivity contribution in [1.82, 2.24) is 5.32 Å².